The first kappa shape index (κ1) is 16.5. The summed E-state index contributed by atoms with van der Waals surface area (Å²) in [5, 5.41) is 8.98. The van der Waals surface area contributed by atoms with Gasteiger partial charge < -0.3 is 5.11 Å². The molecule has 2 aromatic rings. The van der Waals surface area contributed by atoms with Crippen LogP contribution >= 0.6 is 0 Å². The van der Waals surface area contributed by atoms with Crippen LogP contribution in [-0.2, 0) is 11.8 Å². The molecule has 2 heteroatoms. The number of carbonyl (C=O) groups is 1. The topological polar surface area (TPSA) is 37.3 Å². The summed E-state index contributed by atoms with van der Waals surface area (Å²) in [7, 11) is 0. The molecular weight excluding hydrogens is 296 g/mol. The average Bonchev–Trinajstić information content (AvgIpc) is 2.55. The average molecular weight is 320 g/mol. The molecule has 2 aromatic carbocycles. The lowest BCUT2D eigenvalue weighted by molar-refractivity contribution is 0.0697. The summed E-state index contributed by atoms with van der Waals surface area (Å²) < 4.78 is 0. The van der Waals surface area contributed by atoms with E-state index in [4.69, 9.17) is 5.11 Å². The molecule has 0 fully saturated rings. The second kappa shape index (κ2) is 6.27. The minimum absolute atomic E-state index is 0.243. The van der Waals surface area contributed by atoms with Crippen molar-refractivity contribution >= 4 is 17.6 Å². The van der Waals surface area contributed by atoms with Crippen LogP contribution in [0.2, 0.25) is 0 Å². The summed E-state index contributed by atoms with van der Waals surface area (Å²) in [6, 6.07) is 13.8. The highest BCUT2D eigenvalue weighted by molar-refractivity contribution is 5.88. The van der Waals surface area contributed by atoms with E-state index in [2.05, 4.69) is 45.0 Å². The van der Waals surface area contributed by atoms with Crippen LogP contribution in [0.1, 0.15) is 66.2 Å². The molecular formula is C22H24O2. The Balaban J connectivity index is 1.92. The Kier molecular flexibility index (Phi) is 4.31. The van der Waals surface area contributed by atoms with E-state index >= 15 is 0 Å². The number of fused-ring (bicyclic) bond motifs is 1. The molecule has 24 heavy (non-hydrogen) atoms. The van der Waals surface area contributed by atoms with Gasteiger partial charge in [0.25, 0.3) is 0 Å². The number of hydrogen-bond acceptors (Lipinski definition) is 1. The van der Waals surface area contributed by atoms with Gasteiger partial charge >= 0.3 is 5.97 Å². The highest BCUT2D eigenvalue weighted by Crippen LogP contribution is 2.38. The van der Waals surface area contributed by atoms with Crippen molar-refractivity contribution in [3.63, 3.8) is 0 Å². The maximum atomic E-state index is 10.9. The number of rotatable bonds is 3. The first-order valence-electron chi connectivity index (χ1n) is 8.52. The molecule has 0 amide bonds. The smallest absolute Gasteiger partial charge is 0.335 e. The van der Waals surface area contributed by atoms with Gasteiger partial charge in [-0.15, -0.1) is 0 Å². The molecule has 0 spiro atoms. The predicted molar refractivity (Wildman–Crippen MR) is 99.4 cm³/mol. The van der Waals surface area contributed by atoms with Crippen molar-refractivity contribution in [2.45, 2.75) is 45.4 Å². The van der Waals surface area contributed by atoms with Crippen LogP contribution in [0.3, 0.4) is 0 Å². The van der Waals surface area contributed by atoms with Gasteiger partial charge in [-0.2, -0.15) is 0 Å². The number of aryl methyl sites for hydroxylation is 1. The van der Waals surface area contributed by atoms with Crippen LogP contribution < -0.4 is 0 Å². The van der Waals surface area contributed by atoms with Crippen LogP contribution in [0.4, 0.5) is 0 Å². The zero-order valence-electron chi connectivity index (χ0n) is 14.6. The zero-order valence-corrected chi connectivity index (χ0v) is 14.6. The summed E-state index contributed by atoms with van der Waals surface area (Å²) in [6.07, 6.45) is 5.80. The molecule has 0 bridgehead atoms. The van der Waals surface area contributed by atoms with Gasteiger partial charge in [0.1, 0.15) is 0 Å². The van der Waals surface area contributed by atoms with E-state index in [9.17, 15) is 4.79 Å². The zero-order chi connectivity index (χ0) is 17.3. The number of aromatic carboxylic acids is 1. The number of carboxylic acids is 1. The quantitative estimate of drug-likeness (QED) is 0.752. The number of carboxylic acid groups (broad SMARTS) is 1. The normalized spacial score (nSPS) is 16.5. The maximum Gasteiger partial charge on any atom is 0.335 e. The second-order valence-electron chi connectivity index (χ2n) is 7.36. The van der Waals surface area contributed by atoms with E-state index < -0.39 is 5.97 Å². The summed E-state index contributed by atoms with van der Waals surface area (Å²) in [6.45, 7) is 6.78. The van der Waals surface area contributed by atoms with Gasteiger partial charge in [0, 0.05) is 0 Å². The molecule has 0 atom stereocenters. The number of benzene rings is 2. The molecule has 0 aromatic heterocycles. The molecule has 0 radical (unpaired) electrons. The van der Waals surface area contributed by atoms with E-state index in [1.54, 1.807) is 12.1 Å². The molecule has 1 N–H and O–H groups in total. The summed E-state index contributed by atoms with van der Waals surface area (Å²) in [5.41, 5.74) is 6.98. The fourth-order valence-electron chi connectivity index (χ4n) is 3.58. The van der Waals surface area contributed by atoms with E-state index in [0.29, 0.717) is 5.56 Å². The fraction of sp³-hybridized carbons (Fsp3) is 0.318. The van der Waals surface area contributed by atoms with Crippen molar-refractivity contribution in [2.75, 3.05) is 0 Å². The van der Waals surface area contributed by atoms with Crippen molar-refractivity contribution in [3.05, 3.63) is 70.3 Å². The summed E-state index contributed by atoms with van der Waals surface area (Å²) in [4.78, 5) is 10.9. The van der Waals surface area contributed by atoms with Gasteiger partial charge in [0.05, 0.1) is 5.56 Å². The van der Waals surface area contributed by atoms with E-state index in [-0.39, 0.29) is 5.41 Å². The lowest BCUT2D eigenvalue weighted by Crippen LogP contribution is -2.23. The molecule has 0 aliphatic heterocycles. The van der Waals surface area contributed by atoms with Gasteiger partial charge in [0.2, 0.25) is 0 Å². The first-order valence-corrected chi connectivity index (χ1v) is 8.52. The predicted octanol–water partition coefficient (Wildman–Crippen LogP) is 5.56. The van der Waals surface area contributed by atoms with Crippen molar-refractivity contribution in [1.82, 2.24) is 0 Å². The van der Waals surface area contributed by atoms with Gasteiger partial charge in [0.15, 0.2) is 0 Å². The summed E-state index contributed by atoms with van der Waals surface area (Å²) in [5.74, 6) is -0.890. The van der Waals surface area contributed by atoms with Gasteiger partial charge in [-0.1, -0.05) is 50.3 Å². The Labute approximate surface area is 143 Å². The molecule has 0 saturated heterocycles. The molecule has 124 valence electrons. The standard InChI is InChI=1S/C22H24O2/c1-15(13-16-6-8-18(9-7-16)21(23)24)19-11-10-17-5-4-12-22(2,3)20(17)14-19/h6-11,13-14H,4-5,12H2,1-3H3,(H,23,24)/b15-13+. The van der Waals surface area contributed by atoms with Crippen LogP contribution in [0, 0.1) is 0 Å². The number of allylic oxidation sites excluding steroid dienone is 1. The molecule has 0 heterocycles. The molecule has 1 aliphatic rings. The van der Waals surface area contributed by atoms with Crippen molar-refractivity contribution in [1.29, 1.82) is 0 Å². The Morgan fingerprint density at radius 3 is 2.42 bits per heavy atom. The number of hydrogen-bond donors (Lipinski definition) is 1. The molecule has 1 aliphatic carbocycles. The van der Waals surface area contributed by atoms with E-state index in [1.165, 1.54) is 41.5 Å². The minimum atomic E-state index is -0.890. The van der Waals surface area contributed by atoms with Gasteiger partial charge in [-0.05, 0) is 71.6 Å². The van der Waals surface area contributed by atoms with Crippen LogP contribution in [-0.4, -0.2) is 11.1 Å². The van der Waals surface area contributed by atoms with Crippen molar-refractivity contribution in [3.8, 4) is 0 Å². The lowest BCUT2D eigenvalue weighted by Gasteiger charge is -2.33. The Hall–Kier alpha value is -2.35. The van der Waals surface area contributed by atoms with Crippen molar-refractivity contribution < 1.29 is 9.90 Å². The molecule has 3 rings (SSSR count). The van der Waals surface area contributed by atoms with Crippen LogP contribution in [0.15, 0.2) is 42.5 Å². The largest absolute Gasteiger partial charge is 0.478 e. The first-order chi connectivity index (χ1) is 11.4. The Bertz CT molecular complexity index is 795. The molecule has 2 nitrogen and oxygen atoms in total. The third-order valence-electron chi connectivity index (χ3n) is 5.08. The Morgan fingerprint density at radius 1 is 1.08 bits per heavy atom. The van der Waals surface area contributed by atoms with Crippen LogP contribution in [0.5, 0.6) is 0 Å². The van der Waals surface area contributed by atoms with E-state index in [0.717, 1.165) is 5.56 Å². The molecule has 0 unspecified atom stereocenters. The second-order valence-corrected chi connectivity index (χ2v) is 7.36. The van der Waals surface area contributed by atoms with Crippen molar-refractivity contribution in [2.24, 2.45) is 0 Å². The fourth-order valence-corrected chi connectivity index (χ4v) is 3.58. The minimum Gasteiger partial charge on any atom is -0.478 e. The highest BCUT2D eigenvalue weighted by atomic mass is 16.4. The maximum absolute atomic E-state index is 10.9. The van der Waals surface area contributed by atoms with Crippen LogP contribution in [0.25, 0.3) is 11.6 Å². The summed E-state index contributed by atoms with van der Waals surface area (Å²) >= 11 is 0. The third kappa shape index (κ3) is 3.28. The van der Waals surface area contributed by atoms with Gasteiger partial charge in [-0.25, -0.2) is 4.79 Å². The Morgan fingerprint density at radius 2 is 1.75 bits per heavy atom. The monoisotopic (exact) mass is 320 g/mol. The molecule has 0 saturated carbocycles. The lowest BCUT2D eigenvalue weighted by atomic mass is 9.72. The SMILES string of the molecule is C/C(=C\c1ccc(C(=O)O)cc1)c1ccc2c(c1)C(C)(C)CCC2. The highest BCUT2D eigenvalue weighted by Gasteiger charge is 2.27. The van der Waals surface area contributed by atoms with E-state index in [1.807, 2.05) is 12.1 Å². The van der Waals surface area contributed by atoms with Gasteiger partial charge in [-0.3, -0.25) is 0 Å². The third-order valence-corrected chi connectivity index (χ3v) is 5.08.